The summed E-state index contributed by atoms with van der Waals surface area (Å²) in [6, 6.07) is 0.599. The van der Waals surface area contributed by atoms with E-state index in [1.807, 2.05) is 33.3 Å². The third kappa shape index (κ3) is 7.50. The fourth-order valence-electron chi connectivity index (χ4n) is 2.33. The molecule has 0 saturated carbocycles. The average molecular weight is 324 g/mol. The molecule has 23 heavy (non-hydrogen) atoms. The third-order valence-electron chi connectivity index (χ3n) is 3.40. The van der Waals surface area contributed by atoms with Crippen molar-refractivity contribution in [2.75, 3.05) is 6.54 Å². The van der Waals surface area contributed by atoms with E-state index in [0.717, 1.165) is 25.1 Å². The number of nitrogens with zero attached hydrogens (tertiary/aromatic N) is 2. The lowest BCUT2D eigenvalue weighted by Gasteiger charge is -2.23. The van der Waals surface area contributed by atoms with Gasteiger partial charge in [0.2, 0.25) is 0 Å². The molecule has 1 unspecified atom stereocenters. The van der Waals surface area contributed by atoms with E-state index in [9.17, 15) is 4.79 Å². The number of rotatable bonds is 8. The van der Waals surface area contributed by atoms with E-state index in [2.05, 4.69) is 41.0 Å². The Kier molecular flexibility index (Phi) is 7.55. The van der Waals surface area contributed by atoms with E-state index < -0.39 is 5.60 Å². The maximum atomic E-state index is 11.8. The Morgan fingerprint density at radius 2 is 2.09 bits per heavy atom. The molecule has 0 bridgehead atoms. The molecule has 1 amide bonds. The van der Waals surface area contributed by atoms with Gasteiger partial charge in [-0.2, -0.15) is 0 Å². The number of imidazole rings is 1. The van der Waals surface area contributed by atoms with Gasteiger partial charge in [-0.1, -0.05) is 13.3 Å². The zero-order valence-electron chi connectivity index (χ0n) is 15.3. The molecule has 0 saturated heterocycles. The molecule has 1 aromatic heterocycles. The Bertz CT molecular complexity index is 477. The molecule has 0 radical (unpaired) electrons. The van der Waals surface area contributed by atoms with Crippen molar-refractivity contribution < 1.29 is 9.53 Å². The van der Waals surface area contributed by atoms with Gasteiger partial charge in [-0.05, 0) is 41.0 Å². The summed E-state index contributed by atoms with van der Waals surface area (Å²) < 4.78 is 7.43. The topological polar surface area (TPSA) is 68.2 Å². The van der Waals surface area contributed by atoms with Crippen LogP contribution in [0.1, 0.15) is 66.1 Å². The van der Waals surface area contributed by atoms with Crippen LogP contribution in [0.15, 0.2) is 12.5 Å². The van der Waals surface area contributed by atoms with Crippen molar-refractivity contribution in [3.63, 3.8) is 0 Å². The van der Waals surface area contributed by atoms with Crippen LogP contribution in [0.3, 0.4) is 0 Å². The zero-order valence-corrected chi connectivity index (χ0v) is 15.3. The first kappa shape index (κ1) is 19.5. The zero-order chi connectivity index (χ0) is 17.5. The van der Waals surface area contributed by atoms with Gasteiger partial charge in [-0.15, -0.1) is 0 Å². The number of carbonyl (C=O) groups is 1. The monoisotopic (exact) mass is 324 g/mol. The van der Waals surface area contributed by atoms with Crippen LogP contribution in [0.5, 0.6) is 0 Å². The van der Waals surface area contributed by atoms with Crippen LogP contribution in [-0.4, -0.2) is 33.8 Å². The highest BCUT2D eigenvalue weighted by molar-refractivity contribution is 5.67. The summed E-state index contributed by atoms with van der Waals surface area (Å²) in [6.45, 7) is 13.3. The van der Waals surface area contributed by atoms with Gasteiger partial charge in [-0.3, -0.25) is 0 Å². The van der Waals surface area contributed by atoms with Gasteiger partial charge in [0.1, 0.15) is 5.60 Å². The van der Waals surface area contributed by atoms with Gasteiger partial charge in [0.15, 0.2) is 0 Å². The third-order valence-corrected chi connectivity index (χ3v) is 3.40. The average Bonchev–Trinajstić information content (AvgIpc) is 2.88. The van der Waals surface area contributed by atoms with Gasteiger partial charge < -0.3 is 19.9 Å². The summed E-state index contributed by atoms with van der Waals surface area (Å²) in [5, 5.41) is 6.35. The van der Waals surface area contributed by atoms with Gasteiger partial charge in [-0.25, -0.2) is 9.78 Å². The van der Waals surface area contributed by atoms with E-state index >= 15 is 0 Å². The molecule has 1 heterocycles. The summed E-state index contributed by atoms with van der Waals surface area (Å²) in [6.07, 6.45) is 5.42. The van der Waals surface area contributed by atoms with E-state index in [1.54, 1.807) is 0 Å². The second kappa shape index (κ2) is 8.91. The van der Waals surface area contributed by atoms with Gasteiger partial charge in [0.25, 0.3) is 0 Å². The van der Waals surface area contributed by atoms with E-state index in [4.69, 9.17) is 4.74 Å². The highest BCUT2D eigenvalue weighted by Gasteiger charge is 2.17. The number of hydrogen-bond donors (Lipinski definition) is 2. The molecule has 1 aromatic rings. The van der Waals surface area contributed by atoms with Crippen molar-refractivity contribution >= 4 is 6.09 Å². The molecule has 6 heteroatoms. The predicted molar refractivity (Wildman–Crippen MR) is 92.4 cm³/mol. The van der Waals surface area contributed by atoms with Crippen LogP contribution in [0.25, 0.3) is 0 Å². The molecule has 0 aromatic carbocycles. The summed E-state index contributed by atoms with van der Waals surface area (Å²) in [7, 11) is 0. The maximum absolute atomic E-state index is 11.8. The van der Waals surface area contributed by atoms with Crippen LogP contribution < -0.4 is 10.6 Å². The van der Waals surface area contributed by atoms with E-state index in [0.29, 0.717) is 12.6 Å². The van der Waals surface area contributed by atoms with Gasteiger partial charge in [0.05, 0.1) is 12.0 Å². The van der Waals surface area contributed by atoms with Crippen molar-refractivity contribution in [2.45, 2.75) is 78.6 Å². The van der Waals surface area contributed by atoms with Crippen molar-refractivity contribution in [2.24, 2.45) is 0 Å². The molecule has 0 fully saturated rings. The maximum Gasteiger partial charge on any atom is 0.407 e. The Labute approximate surface area is 140 Å². The molecule has 0 spiro atoms. The Morgan fingerprint density at radius 3 is 2.65 bits per heavy atom. The molecule has 0 aliphatic carbocycles. The number of alkyl carbamates (subject to hydrolysis) is 1. The Morgan fingerprint density at radius 1 is 1.39 bits per heavy atom. The fourth-order valence-corrected chi connectivity index (χ4v) is 2.33. The van der Waals surface area contributed by atoms with E-state index in [-0.39, 0.29) is 12.1 Å². The molecule has 6 nitrogen and oxygen atoms in total. The molecule has 132 valence electrons. The minimum atomic E-state index is -0.471. The fraction of sp³-hybridized carbons (Fsp3) is 0.765. The number of ether oxygens (including phenoxy) is 1. The molecule has 1 rings (SSSR count). The lowest BCUT2D eigenvalue weighted by molar-refractivity contribution is 0.0521. The quantitative estimate of drug-likeness (QED) is 0.770. The van der Waals surface area contributed by atoms with Crippen molar-refractivity contribution in [1.82, 2.24) is 20.2 Å². The first-order valence-electron chi connectivity index (χ1n) is 8.44. The molecular weight excluding hydrogens is 292 g/mol. The minimum Gasteiger partial charge on any atom is -0.444 e. The molecule has 0 aliphatic rings. The lowest BCUT2D eigenvalue weighted by Crippen LogP contribution is -2.42. The molecule has 0 aliphatic heterocycles. The van der Waals surface area contributed by atoms with Gasteiger partial charge in [0, 0.05) is 31.4 Å². The standard InChI is InChI=1S/C17H32N4O2/c1-7-8-14(9-20-16(22)23-17(4,5)6)19-11-15-10-18-12-21(15)13(2)3/h10,12-14,19H,7-9,11H2,1-6H3,(H,20,22). The number of hydrogen-bond acceptors (Lipinski definition) is 4. The van der Waals surface area contributed by atoms with Crippen LogP contribution in [-0.2, 0) is 11.3 Å². The van der Waals surface area contributed by atoms with Crippen LogP contribution in [0.4, 0.5) is 4.79 Å². The highest BCUT2D eigenvalue weighted by Crippen LogP contribution is 2.09. The number of aromatic nitrogens is 2. The molecule has 1 atom stereocenters. The summed E-state index contributed by atoms with van der Waals surface area (Å²) in [5.74, 6) is 0. The smallest absolute Gasteiger partial charge is 0.407 e. The highest BCUT2D eigenvalue weighted by atomic mass is 16.6. The first-order valence-corrected chi connectivity index (χ1v) is 8.44. The summed E-state index contributed by atoms with van der Waals surface area (Å²) >= 11 is 0. The SMILES string of the molecule is CCCC(CNC(=O)OC(C)(C)C)NCc1cncn1C(C)C. The second-order valence-corrected chi connectivity index (χ2v) is 7.14. The van der Waals surface area contributed by atoms with E-state index in [1.165, 1.54) is 0 Å². The first-order chi connectivity index (χ1) is 10.7. The largest absolute Gasteiger partial charge is 0.444 e. The molecular formula is C17H32N4O2. The lowest BCUT2D eigenvalue weighted by atomic mass is 10.1. The van der Waals surface area contributed by atoms with Gasteiger partial charge >= 0.3 is 6.09 Å². The Balaban J connectivity index is 2.48. The minimum absolute atomic E-state index is 0.211. The molecule has 2 N–H and O–H groups in total. The summed E-state index contributed by atoms with van der Waals surface area (Å²) in [5.41, 5.74) is 0.681. The van der Waals surface area contributed by atoms with Crippen LogP contribution >= 0.6 is 0 Å². The normalized spacial score (nSPS) is 13.2. The number of nitrogens with one attached hydrogen (secondary N) is 2. The van der Waals surface area contributed by atoms with Crippen LogP contribution in [0.2, 0.25) is 0 Å². The van der Waals surface area contributed by atoms with Crippen molar-refractivity contribution in [3.8, 4) is 0 Å². The Hall–Kier alpha value is -1.56. The number of carbonyl (C=O) groups excluding carboxylic acids is 1. The number of amides is 1. The van der Waals surface area contributed by atoms with Crippen LogP contribution in [0, 0.1) is 0 Å². The van der Waals surface area contributed by atoms with Crippen molar-refractivity contribution in [1.29, 1.82) is 0 Å². The predicted octanol–water partition coefficient (Wildman–Crippen LogP) is 3.25. The second-order valence-electron chi connectivity index (χ2n) is 7.14. The summed E-state index contributed by atoms with van der Waals surface area (Å²) in [4.78, 5) is 16.0. The van der Waals surface area contributed by atoms with Crippen molar-refractivity contribution in [3.05, 3.63) is 18.2 Å².